The van der Waals surface area contributed by atoms with Crippen molar-refractivity contribution in [3.8, 4) is 11.4 Å². The zero-order valence-corrected chi connectivity index (χ0v) is 19.3. The third kappa shape index (κ3) is 4.59. The van der Waals surface area contributed by atoms with Gasteiger partial charge in [-0.1, -0.05) is 6.92 Å². The minimum absolute atomic E-state index is 0.0665. The second kappa shape index (κ2) is 8.33. The highest BCUT2D eigenvalue weighted by molar-refractivity contribution is 7.93. The molecule has 14 heteroatoms. The van der Waals surface area contributed by atoms with Crippen LogP contribution in [0.1, 0.15) is 12.6 Å². The number of imidazole rings is 1. The van der Waals surface area contributed by atoms with Gasteiger partial charge in [-0.3, -0.25) is 0 Å². The molecule has 0 bridgehead atoms. The van der Waals surface area contributed by atoms with Crippen molar-refractivity contribution < 1.29 is 30.5 Å². The van der Waals surface area contributed by atoms with E-state index in [4.69, 9.17) is 4.74 Å². The van der Waals surface area contributed by atoms with E-state index in [1.54, 1.807) is 0 Å². The van der Waals surface area contributed by atoms with Gasteiger partial charge >= 0.3 is 6.18 Å². The van der Waals surface area contributed by atoms with Gasteiger partial charge < -0.3 is 9.30 Å². The van der Waals surface area contributed by atoms with Crippen molar-refractivity contribution in [3.05, 3.63) is 30.0 Å². The molecule has 1 aromatic carbocycles. The highest BCUT2D eigenvalue weighted by atomic mass is 32.2. The predicted molar refractivity (Wildman–Crippen MR) is 115 cm³/mol. The first-order valence-corrected chi connectivity index (χ1v) is 13.4. The van der Waals surface area contributed by atoms with Crippen molar-refractivity contribution in [2.45, 2.75) is 18.0 Å². The summed E-state index contributed by atoms with van der Waals surface area (Å²) in [7, 11) is -4.86. The third-order valence-corrected chi connectivity index (χ3v) is 9.11. The molecule has 3 heterocycles. The van der Waals surface area contributed by atoms with E-state index in [0.29, 0.717) is 13.2 Å². The molecule has 0 amide bonds. The number of fused-ring (bicyclic) bond motifs is 1. The molecule has 0 atom stereocenters. The molecule has 0 aliphatic carbocycles. The van der Waals surface area contributed by atoms with E-state index in [-0.39, 0.29) is 50.4 Å². The molecular weight excluding hydrogens is 483 g/mol. The van der Waals surface area contributed by atoms with E-state index in [0.717, 1.165) is 6.07 Å². The lowest BCUT2D eigenvalue weighted by Gasteiger charge is -2.16. The molecule has 1 fully saturated rings. The first-order valence-electron chi connectivity index (χ1n) is 9.88. The molecular formula is C19H20F3N5O4S2. The number of nitrogens with zero attached hydrogens (tertiary/aromatic N) is 5. The van der Waals surface area contributed by atoms with Crippen molar-refractivity contribution in [2.75, 3.05) is 30.5 Å². The van der Waals surface area contributed by atoms with E-state index < -0.39 is 31.4 Å². The van der Waals surface area contributed by atoms with Crippen molar-refractivity contribution in [3.63, 3.8) is 0 Å². The number of halogens is 3. The fraction of sp³-hybridized carbons (Fsp3) is 0.421. The highest BCUT2D eigenvalue weighted by Gasteiger charge is 2.34. The third-order valence-electron chi connectivity index (χ3n) is 5.19. The fourth-order valence-corrected chi connectivity index (χ4v) is 6.14. The van der Waals surface area contributed by atoms with E-state index in [1.165, 1.54) is 36.7 Å². The molecule has 2 aromatic heterocycles. The molecule has 4 rings (SSSR count). The van der Waals surface area contributed by atoms with Gasteiger partial charge in [-0.15, -0.1) is 10.2 Å². The number of sulfone groups is 1. The summed E-state index contributed by atoms with van der Waals surface area (Å²) in [5.74, 6) is 0.368. The molecule has 0 radical (unpaired) electrons. The number of hydrogen-bond donors (Lipinski definition) is 0. The summed E-state index contributed by atoms with van der Waals surface area (Å²) in [4.78, 5) is 4.11. The molecule has 33 heavy (non-hydrogen) atoms. The number of alkyl halides is 3. The van der Waals surface area contributed by atoms with Gasteiger partial charge in [0.25, 0.3) is 0 Å². The minimum atomic E-state index is -4.69. The quantitative estimate of drug-likeness (QED) is 0.537. The molecule has 0 saturated carbocycles. The maximum Gasteiger partial charge on any atom is 0.435 e. The van der Waals surface area contributed by atoms with Crippen molar-refractivity contribution in [1.82, 2.24) is 19.7 Å². The second-order valence-corrected chi connectivity index (χ2v) is 12.2. The predicted octanol–water partition coefficient (Wildman–Crippen LogP) is 2.97. The second-order valence-electron chi connectivity index (χ2n) is 7.40. The molecule has 0 spiro atoms. The molecule has 0 unspecified atom stereocenters. The molecule has 178 valence electrons. The van der Waals surface area contributed by atoms with Crippen LogP contribution in [-0.2, 0) is 37.5 Å². The lowest BCUT2D eigenvalue weighted by atomic mass is 10.2. The summed E-state index contributed by atoms with van der Waals surface area (Å²) in [5, 5.41) is 6.83. The van der Waals surface area contributed by atoms with Gasteiger partial charge in [-0.2, -0.15) is 17.5 Å². The van der Waals surface area contributed by atoms with Crippen LogP contribution in [-0.4, -0.2) is 62.8 Å². The summed E-state index contributed by atoms with van der Waals surface area (Å²) in [6.45, 7) is 2.08. The van der Waals surface area contributed by atoms with Gasteiger partial charge in [0.1, 0.15) is 11.3 Å². The van der Waals surface area contributed by atoms with E-state index in [2.05, 4.69) is 19.5 Å². The first-order chi connectivity index (χ1) is 15.4. The minimum Gasteiger partial charge on any atom is -0.379 e. The highest BCUT2D eigenvalue weighted by Crippen LogP contribution is 2.34. The summed E-state index contributed by atoms with van der Waals surface area (Å²) < 4.78 is 88.7. The van der Waals surface area contributed by atoms with Crippen LogP contribution in [0.3, 0.4) is 0 Å². The average molecular weight is 504 g/mol. The number of aromatic nitrogens is 4. The average Bonchev–Trinajstić information content (AvgIpc) is 3.09. The standard InChI is InChI=1S/C19H20F3N5O4S2/c1-3-33(29,30)15-10-12(26-32(28)8-6-31-7-9-32)4-5-13(15)17-23-14-11-16(19(20,21)22)24-25-18(14)27(17)2/h4-5,10-11H,3,6-9H2,1-2H3. The molecule has 1 aliphatic heterocycles. The van der Waals surface area contributed by atoms with Gasteiger partial charge in [0.05, 0.1) is 50.8 Å². The molecule has 9 nitrogen and oxygen atoms in total. The zero-order valence-electron chi connectivity index (χ0n) is 17.7. The van der Waals surface area contributed by atoms with E-state index in [9.17, 15) is 25.8 Å². The Balaban J connectivity index is 1.90. The van der Waals surface area contributed by atoms with Crippen LogP contribution in [0.25, 0.3) is 22.6 Å². The molecule has 3 aromatic rings. The topological polar surface area (TPSA) is 116 Å². The lowest BCUT2D eigenvalue weighted by Crippen LogP contribution is -2.25. The number of aryl methyl sites for hydroxylation is 1. The van der Waals surface area contributed by atoms with Crippen LogP contribution < -0.4 is 0 Å². The van der Waals surface area contributed by atoms with Crippen molar-refractivity contribution in [1.29, 1.82) is 0 Å². The van der Waals surface area contributed by atoms with Gasteiger partial charge in [0.2, 0.25) is 0 Å². The lowest BCUT2D eigenvalue weighted by molar-refractivity contribution is -0.141. The van der Waals surface area contributed by atoms with Crippen molar-refractivity contribution in [2.24, 2.45) is 11.4 Å². The smallest absolute Gasteiger partial charge is 0.379 e. The Hall–Kier alpha value is -2.58. The summed E-state index contributed by atoms with van der Waals surface area (Å²) in [5.41, 5.74) is -0.803. The number of rotatable bonds is 4. The van der Waals surface area contributed by atoms with Crippen molar-refractivity contribution >= 4 is 36.4 Å². The summed E-state index contributed by atoms with van der Waals surface area (Å²) >= 11 is 0. The van der Waals surface area contributed by atoms with Crippen LogP contribution in [0.15, 0.2) is 33.5 Å². The Morgan fingerprint density at radius 1 is 1.18 bits per heavy atom. The Kier molecular flexibility index (Phi) is 5.95. The Morgan fingerprint density at radius 2 is 1.88 bits per heavy atom. The SMILES string of the molecule is CCS(=O)(=O)c1cc(N=S2(=O)CCOCC2)ccc1-c1nc2cc(C(F)(F)F)nnc2n1C. The van der Waals surface area contributed by atoms with E-state index >= 15 is 0 Å². The number of ether oxygens (including phenoxy) is 1. The fourth-order valence-electron chi connectivity index (χ4n) is 3.40. The Labute approximate surface area is 188 Å². The first kappa shape index (κ1) is 23.6. The summed E-state index contributed by atoms with van der Waals surface area (Å²) in [6.07, 6.45) is -4.69. The molecule has 0 N–H and O–H groups in total. The zero-order chi connectivity index (χ0) is 24.0. The van der Waals surface area contributed by atoms with Gasteiger partial charge in [0.15, 0.2) is 21.2 Å². The van der Waals surface area contributed by atoms with E-state index in [1.807, 2.05) is 0 Å². The maximum atomic E-state index is 13.0. The van der Waals surface area contributed by atoms with Gasteiger partial charge in [-0.25, -0.2) is 17.6 Å². The Morgan fingerprint density at radius 3 is 2.52 bits per heavy atom. The monoisotopic (exact) mass is 503 g/mol. The number of hydrogen-bond acceptors (Lipinski definition) is 8. The molecule has 1 saturated heterocycles. The molecule has 1 aliphatic rings. The normalized spacial score (nSPS) is 16.8. The Bertz CT molecular complexity index is 1450. The van der Waals surface area contributed by atoms with Crippen LogP contribution in [0.2, 0.25) is 0 Å². The van der Waals surface area contributed by atoms with Gasteiger partial charge in [0, 0.05) is 18.7 Å². The maximum absolute atomic E-state index is 13.0. The van der Waals surface area contributed by atoms with Gasteiger partial charge in [-0.05, 0) is 18.2 Å². The van der Waals surface area contributed by atoms with Crippen LogP contribution in [0, 0.1) is 0 Å². The van der Waals surface area contributed by atoms with Crippen LogP contribution in [0.4, 0.5) is 18.9 Å². The largest absolute Gasteiger partial charge is 0.435 e. The summed E-state index contributed by atoms with van der Waals surface area (Å²) in [6, 6.07) is 5.06. The van der Waals surface area contributed by atoms with Crippen LogP contribution in [0.5, 0.6) is 0 Å². The number of benzene rings is 1. The van der Waals surface area contributed by atoms with Crippen LogP contribution >= 0.6 is 0 Å².